The molecule has 0 aromatic heterocycles. The predicted molar refractivity (Wildman–Crippen MR) is 423 cm³/mol. The van der Waals surface area contributed by atoms with E-state index >= 15 is 8.78 Å². The first-order valence-electron chi connectivity index (χ1n) is 39.3. The average Bonchev–Trinajstić information content (AvgIpc) is 0.811. The molecule has 0 bridgehead atoms. The Morgan fingerprint density at radius 3 is 0.810 bits per heavy atom. The van der Waals surface area contributed by atoms with Gasteiger partial charge in [-0.2, -0.15) is 0 Å². The van der Waals surface area contributed by atoms with Crippen molar-refractivity contribution < 1.29 is 27.2 Å². The van der Waals surface area contributed by atoms with Gasteiger partial charge in [0, 0.05) is 14.7 Å². The second kappa shape index (κ2) is 40.2. The topological polar surface area (TPSA) is 29.5 Å². The van der Waals surface area contributed by atoms with Crippen LogP contribution < -0.4 is 4.65 Å². The number of unbranched alkanes of at least 4 members (excludes halogenated alkanes) is 8. The molecule has 100 heavy (non-hydrogen) atoms. The number of hydrogen-bond acceptors (Lipinski definition) is 2. The maximum Gasteiger partial charge on any atom is 0.569 e. The van der Waals surface area contributed by atoms with Crippen molar-refractivity contribution in [3.8, 4) is 61.4 Å². The Balaban J connectivity index is 0.000000176. The largest absolute Gasteiger partial charge is 0.569 e. The van der Waals surface area contributed by atoms with Crippen LogP contribution in [0.15, 0.2) is 170 Å². The lowest BCUT2D eigenvalue weighted by Gasteiger charge is -2.29. The van der Waals surface area contributed by atoms with E-state index in [2.05, 4.69) is 125 Å². The standard InChI is InChI=1S/C46H56F2.C23H29BFO2.C23H28FI/c1-3-5-7-9-33-11-15-35(16-12-33)37-19-23-39(24-20-37)41-27-29-43(45(47)31-41)44-30-28-42(32-46(44)48)40-25-21-38(22-26-40)36-17-13-34(14-18-36)10-8-6-4-2;1-2-3-4-5-17-6-8-18(9-7-17)19-10-12-20(13-11-19)21-14-15-23(27-24-26)22(25)16-21;1-2-3-4-5-17-6-8-18(9-7-17)19-10-12-20(13-11-19)21-14-15-23(25)22(24)16-21/h19-36H,3-18H2,1-2H3;10-18,26H,2-9H2,1H3;10-18H,2-9H2,1H3. The van der Waals surface area contributed by atoms with Crippen LogP contribution in [0.3, 0.4) is 0 Å². The van der Waals surface area contributed by atoms with Gasteiger partial charge in [-0.3, -0.25) is 0 Å². The van der Waals surface area contributed by atoms with Crippen molar-refractivity contribution in [1.29, 1.82) is 0 Å². The van der Waals surface area contributed by atoms with Crippen LogP contribution in [0.2, 0.25) is 0 Å². The Morgan fingerprint density at radius 1 is 0.310 bits per heavy atom. The van der Waals surface area contributed by atoms with Crippen molar-refractivity contribution in [2.24, 2.45) is 23.7 Å². The minimum absolute atomic E-state index is 0.0218. The molecule has 0 spiro atoms. The van der Waals surface area contributed by atoms with Crippen LogP contribution in [0.5, 0.6) is 5.75 Å². The minimum atomic E-state index is -0.483. The van der Waals surface area contributed by atoms with Crippen LogP contribution >= 0.6 is 22.6 Å². The van der Waals surface area contributed by atoms with Gasteiger partial charge >= 0.3 is 7.69 Å². The monoisotopic (exact) mass is 1460 g/mol. The molecule has 0 atom stereocenters. The number of halogens is 5. The molecule has 8 aromatic rings. The van der Waals surface area contributed by atoms with Gasteiger partial charge in [-0.1, -0.05) is 264 Å². The van der Waals surface area contributed by atoms with Crippen molar-refractivity contribution in [2.75, 3.05) is 0 Å². The molecule has 4 aliphatic rings. The first-order chi connectivity index (χ1) is 48.9. The third kappa shape index (κ3) is 22.3. The first kappa shape index (κ1) is 76.7. The van der Waals surface area contributed by atoms with Crippen LogP contribution in [0.1, 0.15) is 279 Å². The van der Waals surface area contributed by atoms with Crippen molar-refractivity contribution >= 4 is 30.3 Å². The summed E-state index contributed by atoms with van der Waals surface area (Å²) in [7, 11) is 0.491. The zero-order valence-corrected chi connectivity index (χ0v) is 62.9. The Morgan fingerprint density at radius 2 is 0.560 bits per heavy atom. The third-order valence-electron chi connectivity index (χ3n) is 23.4. The highest BCUT2D eigenvalue weighted by Gasteiger charge is 2.27. The molecule has 0 aliphatic heterocycles. The third-order valence-corrected chi connectivity index (χ3v) is 24.2. The van der Waals surface area contributed by atoms with Gasteiger partial charge in [-0.15, -0.1) is 0 Å². The molecule has 531 valence electrons. The Kier molecular flexibility index (Phi) is 30.8. The van der Waals surface area contributed by atoms with Gasteiger partial charge < -0.3 is 9.68 Å². The van der Waals surface area contributed by atoms with E-state index in [9.17, 15) is 8.78 Å². The molecule has 0 saturated heterocycles. The average molecular weight is 1460 g/mol. The molecule has 0 unspecified atom stereocenters. The van der Waals surface area contributed by atoms with Crippen LogP contribution in [0, 0.1) is 50.5 Å². The Hall–Kier alpha value is -5.97. The summed E-state index contributed by atoms with van der Waals surface area (Å²) in [4.78, 5) is 0. The minimum Gasteiger partial charge on any atom is -0.535 e. The van der Waals surface area contributed by atoms with Gasteiger partial charge in [-0.05, 0) is 276 Å². The highest BCUT2D eigenvalue weighted by atomic mass is 127. The molecule has 1 radical (unpaired) electrons. The van der Waals surface area contributed by atoms with E-state index < -0.39 is 17.5 Å². The molecule has 0 heterocycles. The number of benzene rings is 8. The van der Waals surface area contributed by atoms with E-state index in [1.165, 1.54) is 240 Å². The molecule has 8 heteroatoms. The summed E-state index contributed by atoms with van der Waals surface area (Å²) >= 11 is 2.03. The quantitative estimate of drug-likeness (QED) is 0.0241. The fraction of sp³-hybridized carbons (Fsp3) is 0.478. The van der Waals surface area contributed by atoms with Gasteiger partial charge in [0.1, 0.15) is 23.2 Å². The van der Waals surface area contributed by atoms with Gasteiger partial charge in [0.2, 0.25) is 0 Å². The van der Waals surface area contributed by atoms with Crippen molar-refractivity contribution in [2.45, 2.75) is 257 Å². The molecule has 4 saturated carbocycles. The fourth-order valence-corrected chi connectivity index (χ4v) is 17.3. The van der Waals surface area contributed by atoms with Gasteiger partial charge in [0.05, 0.1) is 0 Å². The van der Waals surface area contributed by atoms with E-state index in [0.717, 1.165) is 68.2 Å². The van der Waals surface area contributed by atoms with Gasteiger partial charge in [-0.25, -0.2) is 17.6 Å². The smallest absolute Gasteiger partial charge is 0.535 e. The maximum absolute atomic E-state index is 15.5. The van der Waals surface area contributed by atoms with E-state index in [1.807, 2.05) is 46.9 Å². The molecule has 2 nitrogen and oxygen atoms in total. The summed E-state index contributed by atoms with van der Waals surface area (Å²) in [5, 5.41) is 8.64. The van der Waals surface area contributed by atoms with Crippen LogP contribution in [0.25, 0.3) is 55.6 Å². The molecule has 0 amide bonds. The zero-order valence-electron chi connectivity index (χ0n) is 60.7. The van der Waals surface area contributed by atoms with Crippen molar-refractivity contribution in [3.63, 3.8) is 0 Å². The summed E-state index contributed by atoms with van der Waals surface area (Å²) in [6.07, 6.45) is 43.0. The van der Waals surface area contributed by atoms with E-state index in [1.54, 1.807) is 36.4 Å². The SMILES string of the molecule is CCCCCC1CCC(c2ccc(-c3ccc(-c4ccc(-c5ccc(C6CCC(CCCCC)CC6)cc5)cc4F)c(F)c3)cc2)CC1.CCCCCC1CCC(c2ccc(-c3ccc(I)c(F)c3)cc2)CC1.CCCCCC1CCC(c2ccc(-c3ccc(O[B]O)c(F)c3)cc2)CC1. The van der Waals surface area contributed by atoms with E-state index in [4.69, 9.17) is 9.68 Å². The first-order valence-corrected chi connectivity index (χ1v) is 40.4. The molecular formula is C92H113BF4IO2. The molecule has 8 aromatic carbocycles. The lowest BCUT2D eigenvalue weighted by molar-refractivity contribution is 0.303. The normalized spacial score (nSPS) is 20.7. The highest BCUT2D eigenvalue weighted by Crippen LogP contribution is 2.44. The molecular weight excluding hydrogens is 1350 g/mol. The predicted octanol–water partition coefficient (Wildman–Crippen LogP) is 28.9. The molecule has 12 rings (SSSR count). The van der Waals surface area contributed by atoms with Crippen molar-refractivity contribution in [3.05, 3.63) is 219 Å². The zero-order chi connectivity index (χ0) is 70.0. The van der Waals surface area contributed by atoms with Crippen molar-refractivity contribution in [1.82, 2.24) is 0 Å². The summed E-state index contributed by atoms with van der Waals surface area (Å²) < 4.78 is 64.2. The highest BCUT2D eigenvalue weighted by molar-refractivity contribution is 14.1. The van der Waals surface area contributed by atoms with E-state index in [0.29, 0.717) is 46.1 Å². The lowest BCUT2D eigenvalue weighted by Crippen LogP contribution is -2.13. The number of rotatable bonds is 27. The molecule has 1 N–H and O–H groups in total. The lowest BCUT2D eigenvalue weighted by atomic mass is 9.77. The second-order valence-corrected chi connectivity index (χ2v) is 31.4. The number of hydrogen-bond donors (Lipinski definition) is 1. The van der Waals surface area contributed by atoms with Gasteiger partial charge in [0.15, 0.2) is 5.82 Å². The fourth-order valence-electron chi connectivity index (χ4n) is 17.0. The second-order valence-electron chi connectivity index (χ2n) is 30.2. The summed E-state index contributed by atoms with van der Waals surface area (Å²) in [5.74, 6) is 4.94. The summed E-state index contributed by atoms with van der Waals surface area (Å²) in [6.45, 7) is 9.11. The van der Waals surface area contributed by atoms with E-state index in [-0.39, 0.29) is 11.6 Å². The summed E-state index contributed by atoms with van der Waals surface area (Å²) in [6, 6.07) is 55.4. The summed E-state index contributed by atoms with van der Waals surface area (Å²) in [5.41, 5.74) is 13.8. The van der Waals surface area contributed by atoms with Gasteiger partial charge in [0.25, 0.3) is 0 Å². The van der Waals surface area contributed by atoms with Crippen LogP contribution in [-0.2, 0) is 0 Å². The maximum atomic E-state index is 15.5. The Bertz CT molecular complexity index is 3570. The molecule has 4 fully saturated rings. The Labute approximate surface area is 614 Å². The van der Waals surface area contributed by atoms with Crippen LogP contribution in [0.4, 0.5) is 17.6 Å². The molecule has 4 aliphatic carbocycles. The van der Waals surface area contributed by atoms with Crippen LogP contribution in [-0.4, -0.2) is 12.7 Å².